The van der Waals surface area contributed by atoms with Crippen molar-refractivity contribution >= 4 is 41.4 Å². The van der Waals surface area contributed by atoms with E-state index in [2.05, 4.69) is 15.3 Å². The van der Waals surface area contributed by atoms with Crippen LogP contribution in [0.25, 0.3) is 0 Å². The van der Waals surface area contributed by atoms with E-state index in [0.717, 1.165) is 12.0 Å². The lowest BCUT2D eigenvalue weighted by Gasteiger charge is -2.43. The molecule has 5 heterocycles. The van der Waals surface area contributed by atoms with E-state index in [1.165, 1.54) is 12.0 Å². The van der Waals surface area contributed by atoms with E-state index in [0.29, 0.717) is 127 Å². The van der Waals surface area contributed by atoms with Gasteiger partial charge in [0, 0.05) is 123 Å². The van der Waals surface area contributed by atoms with E-state index >= 15 is 0 Å². The summed E-state index contributed by atoms with van der Waals surface area (Å²) in [6.45, 7) is 18.8. The number of methoxy groups -OCH3 is 4. The number of hydrogen-bond acceptors (Lipinski definition) is 19. The van der Waals surface area contributed by atoms with Gasteiger partial charge in [-0.25, -0.2) is 19.6 Å². The number of carbonyl (C=O) groups excluding carboxylic acids is 6. The number of carbonyl (C=O) groups is 6. The first-order valence-corrected chi connectivity index (χ1v) is 32.9. The lowest BCUT2D eigenvalue weighted by atomic mass is 9.78. The Bertz CT molecular complexity index is 2610. The SMILES string of the molecule is CCCOCCC(=O)N1CCN(c2ncc(CNC(=O)O[C@@H]3CC[C@@H](C[C@@H](C)[C@@H]4C[C@@H](OC)[C@H](C)/C=C(\C)[C@@H](O)[C@@H](OC)C(=O)[C@H](C)C[C@H](C)/C=C/C=C/C=C(\C)[C@@H](OC)C[C@@H]5CC[C@@H](C)[C@@](O)(O5)C(=O)C(=O)N5CCCC[C@H]5C(=O)O4)C[C@H]3OC)cn2)CC1. The molecule has 2 bridgehead atoms. The smallest absolute Gasteiger partial charge is 0.407 e. The molecule has 22 nitrogen and oxygen atoms in total. The number of aromatic nitrogens is 2. The highest BCUT2D eigenvalue weighted by atomic mass is 16.6. The van der Waals surface area contributed by atoms with Gasteiger partial charge in [0.1, 0.15) is 30.5 Å². The number of aliphatic hydroxyl groups excluding tert-OH is 1. The van der Waals surface area contributed by atoms with Crippen molar-refractivity contribution in [3.05, 3.63) is 65.6 Å². The number of rotatable bonds is 16. The summed E-state index contributed by atoms with van der Waals surface area (Å²) in [6, 6.07) is -1.13. The van der Waals surface area contributed by atoms with Gasteiger partial charge in [-0.05, 0) is 113 Å². The number of nitrogens with zero attached hydrogens (tertiary/aromatic N) is 5. The average Bonchev–Trinajstić information content (AvgIpc) is 1.25. The first-order chi connectivity index (χ1) is 43.0. The third-order valence-corrected chi connectivity index (χ3v) is 19.0. The van der Waals surface area contributed by atoms with Gasteiger partial charge >= 0.3 is 12.1 Å². The molecule has 5 aliphatic rings. The summed E-state index contributed by atoms with van der Waals surface area (Å²) in [5.74, 6) is -6.64. The summed E-state index contributed by atoms with van der Waals surface area (Å²) in [4.78, 5) is 98.1. The van der Waals surface area contributed by atoms with E-state index in [1.807, 2.05) is 87.8 Å². The number of cyclic esters (lactones) is 1. The molecule has 3 amide bonds. The van der Waals surface area contributed by atoms with Gasteiger partial charge in [-0.1, -0.05) is 78.0 Å². The summed E-state index contributed by atoms with van der Waals surface area (Å²) in [5, 5.41) is 26.7. The molecule has 0 spiro atoms. The maximum atomic E-state index is 14.9. The van der Waals surface area contributed by atoms with Crippen LogP contribution in [0.2, 0.25) is 0 Å². The molecule has 1 aliphatic carbocycles. The number of amides is 3. The second-order valence-electron chi connectivity index (χ2n) is 25.9. The van der Waals surface area contributed by atoms with Crippen molar-refractivity contribution < 1.29 is 76.9 Å². The second-order valence-corrected chi connectivity index (χ2v) is 25.9. The number of piperazine rings is 1. The van der Waals surface area contributed by atoms with E-state index in [9.17, 15) is 39.0 Å². The Labute approximate surface area is 534 Å². The molecule has 1 aromatic heterocycles. The van der Waals surface area contributed by atoms with Crippen molar-refractivity contribution in [2.75, 3.05) is 79.3 Å². The van der Waals surface area contributed by atoms with E-state index in [-0.39, 0.29) is 61.3 Å². The predicted molar refractivity (Wildman–Crippen MR) is 339 cm³/mol. The number of esters is 1. The van der Waals surface area contributed by atoms with Crippen molar-refractivity contribution in [2.45, 2.75) is 212 Å². The largest absolute Gasteiger partial charge is 0.460 e. The number of nitrogens with one attached hydrogen (secondary N) is 1. The number of fused-ring (bicyclic) bond motifs is 3. The van der Waals surface area contributed by atoms with Crippen LogP contribution >= 0.6 is 0 Å². The molecule has 6 rings (SSSR count). The summed E-state index contributed by atoms with van der Waals surface area (Å²) in [6.07, 6.45) is 15.3. The molecule has 90 heavy (non-hydrogen) atoms. The van der Waals surface area contributed by atoms with Gasteiger partial charge in [-0.3, -0.25) is 19.2 Å². The number of ether oxygens (including phenoxy) is 8. The summed E-state index contributed by atoms with van der Waals surface area (Å²) < 4.78 is 48.1. The number of aliphatic hydroxyl groups is 2. The average molecular weight is 1260 g/mol. The van der Waals surface area contributed by atoms with Crippen molar-refractivity contribution in [2.24, 2.45) is 35.5 Å². The molecular weight excluding hydrogens is 1160 g/mol. The van der Waals surface area contributed by atoms with Gasteiger partial charge in [0.05, 0.1) is 37.4 Å². The zero-order valence-corrected chi connectivity index (χ0v) is 55.7. The van der Waals surface area contributed by atoms with Crippen molar-refractivity contribution in [1.29, 1.82) is 0 Å². The van der Waals surface area contributed by atoms with Crippen LogP contribution in [0.15, 0.2) is 60.0 Å². The fourth-order valence-corrected chi connectivity index (χ4v) is 13.4. The fourth-order valence-electron chi connectivity index (χ4n) is 13.4. The van der Waals surface area contributed by atoms with Crippen molar-refractivity contribution in [1.82, 2.24) is 25.1 Å². The zero-order valence-electron chi connectivity index (χ0n) is 55.7. The minimum Gasteiger partial charge on any atom is -0.460 e. The molecule has 3 N–H and O–H groups in total. The number of anilines is 1. The Balaban J connectivity index is 1.16. The van der Waals surface area contributed by atoms with Gasteiger partial charge in [0.15, 0.2) is 5.78 Å². The third kappa shape index (κ3) is 20.5. The minimum atomic E-state index is -2.45. The van der Waals surface area contributed by atoms with Gasteiger partial charge in [-0.15, -0.1) is 0 Å². The van der Waals surface area contributed by atoms with Crippen LogP contribution in [0.5, 0.6) is 0 Å². The molecule has 1 saturated carbocycles. The highest BCUT2D eigenvalue weighted by Gasteiger charge is 2.53. The molecule has 0 radical (unpaired) electrons. The van der Waals surface area contributed by atoms with E-state index < -0.39 is 96.2 Å². The van der Waals surface area contributed by atoms with Crippen LogP contribution in [-0.4, -0.2) is 200 Å². The summed E-state index contributed by atoms with van der Waals surface area (Å²) >= 11 is 0. The monoisotopic (exact) mass is 1260 g/mol. The molecule has 0 aromatic carbocycles. The highest BCUT2D eigenvalue weighted by Crippen LogP contribution is 2.39. The quantitative estimate of drug-likeness (QED) is 0.0616. The topological polar surface area (TPSA) is 264 Å². The van der Waals surface area contributed by atoms with Gasteiger partial charge in [0.25, 0.3) is 11.7 Å². The standard InChI is InChI=1S/C68H106N6O16/c1-13-32-87-33-26-59(75)72-28-30-73(31-29-72)66-69-40-51(41-70-66)42-71-67(81)89-54-25-23-50(37-58(54)85-11)36-46(5)57-39-56(84-10)45(4)35-48(7)61(77)62(86-12)60(76)47(6)34-43(2)19-15-14-16-20-44(3)55(83-9)38-52-24-22-49(8)68(82,90-52)63(78)64(79)74-27-18-17-21-53(74)65(80)88-57/h14-16,19-20,35,40-41,43,45-47,49-50,52-58,61-62,77,82H,13,17-18,21-34,36-39,42H2,1-12H3,(H,71,81)/b16-14+,19-15+,44-20+,48-35+/t43-,45-,46-,47-,49-,50+,52+,53+,54-,55+,56-,57+,58-,61-,62+,68-/m1/s1. The Morgan fingerprint density at radius 2 is 1.52 bits per heavy atom. The van der Waals surface area contributed by atoms with E-state index in [4.69, 9.17) is 37.9 Å². The maximum absolute atomic E-state index is 14.9. The molecule has 16 atom stereocenters. The van der Waals surface area contributed by atoms with Crippen LogP contribution in [0.3, 0.4) is 0 Å². The van der Waals surface area contributed by atoms with Crippen LogP contribution in [0.1, 0.15) is 151 Å². The lowest BCUT2D eigenvalue weighted by molar-refractivity contribution is -0.265. The van der Waals surface area contributed by atoms with Crippen LogP contribution in [0.4, 0.5) is 10.7 Å². The number of piperidine rings is 1. The molecule has 4 aliphatic heterocycles. The first-order valence-electron chi connectivity index (χ1n) is 32.9. The van der Waals surface area contributed by atoms with Crippen molar-refractivity contribution in [3.63, 3.8) is 0 Å². The molecule has 4 fully saturated rings. The van der Waals surface area contributed by atoms with Crippen LogP contribution in [0, 0.1) is 35.5 Å². The molecule has 504 valence electrons. The van der Waals surface area contributed by atoms with Crippen molar-refractivity contribution in [3.8, 4) is 0 Å². The highest BCUT2D eigenvalue weighted by molar-refractivity contribution is 6.39. The van der Waals surface area contributed by atoms with Crippen LogP contribution in [-0.2, 0) is 68.4 Å². The van der Waals surface area contributed by atoms with E-state index in [1.54, 1.807) is 47.6 Å². The molecule has 3 saturated heterocycles. The summed E-state index contributed by atoms with van der Waals surface area (Å²) in [7, 11) is 6.16. The number of Topliss-reactive ketones (excluding diaryl/α,β-unsaturated/α-hetero) is 2. The Hall–Kier alpha value is -5.46. The fraction of sp³-hybridized carbons (Fsp3) is 0.735. The van der Waals surface area contributed by atoms with Gasteiger partial charge in [0.2, 0.25) is 17.6 Å². The Morgan fingerprint density at radius 1 is 0.800 bits per heavy atom. The maximum Gasteiger partial charge on any atom is 0.407 e. The molecular formula is C68H106N6O16. The molecule has 1 aromatic rings. The Morgan fingerprint density at radius 3 is 2.20 bits per heavy atom. The van der Waals surface area contributed by atoms with Gasteiger partial charge < -0.3 is 68.1 Å². The van der Waals surface area contributed by atoms with Gasteiger partial charge in [-0.2, -0.15) is 0 Å². The predicted octanol–water partition coefficient (Wildman–Crippen LogP) is 7.82. The number of alkyl carbamates (subject to hydrolysis) is 1. The normalized spacial score (nSPS) is 34.2. The third-order valence-electron chi connectivity index (χ3n) is 19.0. The Kier molecular flexibility index (Phi) is 29.5. The lowest BCUT2D eigenvalue weighted by Crippen LogP contribution is -2.61. The summed E-state index contributed by atoms with van der Waals surface area (Å²) in [5.41, 5.74) is 2.07. The first kappa shape index (κ1) is 73.6. The second kappa shape index (κ2) is 36.1. The molecule has 22 heteroatoms. The molecule has 0 unspecified atom stereocenters. The number of hydrogen-bond donors (Lipinski definition) is 3. The van der Waals surface area contributed by atoms with Crippen LogP contribution < -0.4 is 10.2 Å². The zero-order chi connectivity index (χ0) is 65.7. The number of ketones is 2. The number of allylic oxidation sites excluding steroid dienone is 5. The minimum absolute atomic E-state index is 0.0171.